The summed E-state index contributed by atoms with van der Waals surface area (Å²) in [6.07, 6.45) is 2.59. The Morgan fingerprint density at radius 2 is 2.29 bits per heavy atom. The van der Waals surface area contributed by atoms with Gasteiger partial charge in [-0.15, -0.1) is 0 Å². The topological polar surface area (TPSA) is 51.2 Å². The summed E-state index contributed by atoms with van der Waals surface area (Å²) in [5.41, 5.74) is 0.00786. The number of ether oxygens (including phenoxy) is 1. The zero-order valence-corrected chi connectivity index (χ0v) is 8.50. The summed E-state index contributed by atoms with van der Waals surface area (Å²) in [6.45, 7) is 5.42. The first-order valence-corrected chi connectivity index (χ1v) is 4.29. The van der Waals surface area contributed by atoms with E-state index in [1.807, 2.05) is 0 Å². The molecule has 14 heavy (non-hydrogen) atoms. The lowest BCUT2D eigenvalue weighted by Gasteiger charge is -2.19. The Balaban J connectivity index is 2.50. The van der Waals surface area contributed by atoms with Gasteiger partial charge in [-0.1, -0.05) is 0 Å². The standard InChI is InChI=1S/C10H13N2O2/c1-10(2,3)14-9(13)12-8-5-4-6-11-7-8/h4,6-7H,1-3H3,(H,12,13). The van der Waals surface area contributed by atoms with Crippen LogP contribution in [-0.4, -0.2) is 16.7 Å². The Kier molecular flexibility index (Phi) is 3.06. The number of hydrogen-bond acceptors (Lipinski definition) is 3. The third-order valence-electron chi connectivity index (χ3n) is 1.24. The number of nitrogens with one attached hydrogen (secondary N) is 1. The second-order valence-corrected chi connectivity index (χ2v) is 3.78. The predicted octanol–water partition coefficient (Wildman–Crippen LogP) is 2.23. The van der Waals surface area contributed by atoms with Crippen molar-refractivity contribution >= 4 is 11.8 Å². The first-order chi connectivity index (χ1) is 6.47. The lowest BCUT2D eigenvalue weighted by atomic mass is 10.2. The summed E-state index contributed by atoms with van der Waals surface area (Å²) in [6, 6.07) is 4.43. The monoisotopic (exact) mass is 193 g/mol. The molecule has 1 amide bonds. The fourth-order valence-electron chi connectivity index (χ4n) is 0.807. The summed E-state index contributed by atoms with van der Waals surface area (Å²) in [7, 11) is 0. The third-order valence-corrected chi connectivity index (χ3v) is 1.24. The SMILES string of the molecule is CC(C)(C)OC(=O)Nc1[c]ccnc1. The van der Waals surface area contributed by atoms with Gasteiger partial charge in [-0.25, -0.2) is 4.79 Å². The van der Waals surface area contributed by atoms with Gasteiger partial charge < -0.3 is 4.74 Å². The van der Waals surface area contributed by atoms with Crippen molar-refractivity contribution in [3.05, 3.63) is 24.5 Å². The van der Waals surface area contributed by atoms with Gasteiger partial charge >= 0.3 is 6.09 Å². The molecule has 1 radical (unpaired) electrons. The van der Waals surface area contributed by atoms with Crippen molar-refractivity contribution in [3.63, 3.8) is 0 Å². The molecular formula is C10H13N2O2. The number of carbonyl (C=O) groups is 1. The number of amides is 1. The van der Waals surface area contributed by atoms with Gasteiger partial charge in [0.05, 0.1) is 11.9 Å². The molecule has 0 aromatic carbocycles. The van der Waals surface area contributed by atoms with E-state index in [1.165, 1.54) is 6.20 Å². The molecule has 1 aromatic heterocycles. The first kappa shape index (κ1) is 10.5. The number of anilines is 1. The maximum atomic E-state index is 11.2. The Bertz CT molecular complexity index is 304. The molecule has 1 aromatic rings. The van der Waals surface area contributed by atoms with Gasteiger partial charge in [0.2, 0.25) is 0 Å². The zero-order chi connectivity index (χ0) is 10.6. The molecule has 0 aliphatic rings. The Morgan fingerprint density at radius 1 is 1.57 bits per heavy atom. The number of aromatic nitrogens is 1. The van der Waals surface area contributed by atoms with E-state index in [0.717, 1.165) is 0 Å². The molecule has 0 bridgehead atoms. The van der Waals surface area contributed by atoms with Gasteiger partial charge in [-0.2, -0.15) is 0 Å². The highest BCUT2D eigenvalue weighted by Crippen LogP contribution is 2.09. The van der Waals surface area contributed by atoms with Gasteiger partial charge in [0, 0.05) is 12.3 Å². The largest absolute Gasteiger partial charge is 0.444 e. The Morgan fingerprint density at radius 3 is 2.79 bits per heavy atom. The van der Waals surface area contributed by atoms with Crippen LogP contribution in [0.5, 0.6) is 0 Å². The molecule has 0 atom stereocenters. The molecule has 0 spiro atoms. The summed E-state index contributed by atoms with van der Waals surface area (Å²) in [5, 5.41) is 2.52. The minimum atomic E-state index is -0.498. The Hall–Kier alpha value is -1.58. The fourth-order valence-corrected chi connectivity index (χ4v) is 0.807. The van der Waals surface area contributed by atoms with Crippen LogP contribution in [0.2, 0.25) is 0 Å². The van der Waals surface area contributed by atoms with E-state index in [0.29, 0.717) is 5.69 Å². The molecule has 4 nitrogen and oxygen atoms in total. The maximum Gasteiger partial charge on any atom is 0.412 e. The lowest BCUT2D eigenvalue weighted by molar-refractivity contribution is 0.0636. The summed E-state index contributed by atoms with van der Waals surface area (Å²) in [4.78, 5) is 15.1. The van der Waals surface area contributed by atoms with Crippen LogP contribution >= 0.6 is 0 Å². The second kappa shape index (κ2) is 4.09. The highest BCUT2D eigenvalue weighted by molar-refractivity contribution is 5.84. The number of nitrogens with zero attached hydrogens (tertiary/aromatic N) is 1. The first-order valence-electron chi connectivity index (χ1n) is 4.29. The zero-order valence-electron chi connectivity index (χ0n) is 8.50. The molecule has 1 heterocycles. The number of rotatable bonds is 1. The van der Waals surface area contributed by atoms with Crippen LogP contribution in [-0.2, 0) is 4.74 Å². The molecular weight excluding hydrogens is 180 g/mol. The van der Waals surface area contributed by atoms with E-state index in [4.69, 9.17) is 4.74 Å². The normalized spacial score (nSPS) is 10.8. The van der Waals surface area contributed by atoms with Crippen molar-refractivity contribution in [1.82, 2.24) is 4.98 Å². The van der Waals surface area contributed by atoms with Crippen molar-refractivity contribution < 1.29 is 9.53 Å². The summed E-state index contributed by atoms with van der Waals surface area (Å²) in [5.74, 6) is 0. The predicted molar refractivity (Wildman–Crippen MR) is 52.9 cm³/mol. The molecule has 0 saturated heterocycles. The average molecular weight is 193 g/mol. The van der Waals surface area contributed by atoms with E-state index in [1.54, 1.807) is 33.0 Å². The lowest BCUT2D eigenvalue weighted by Crippen LogP contribution is -2.27. The van der Waals surface area contributed by atoms with Crippen molar-refractivity contribution in [2.45, 2.75) is 26.4 Å². The third kappa shape index (κ3) is 3.89. The van der Waals surface area contributed by atoms with Crippen LogP contribution in [0.25, 0.3) is 0 Å². The van der Waals surface area contributed by atoms with Crippen LogP contribution in [0.4, 0.5) is 10.5 Å². The molecule has 0 saturated carbocycles. The van der Waals surface area contributed by atoms with Gasteiger partial charge in [-0.05, 0) is 26.8 Å². The fraction of sp³-hybridized carbons (Fsp3) is 0.400. The van der Waals surface area contributed by atoms with Crippen molar-refractivity contribution in [2.75, 3.05) is 5.32 Å². The summed E-state index contributed by atoms with van der Waals surface area (Å²) >= 11 is 0. The molecule has 75 valence electrons. The van der Waals surface area contributed by atoms with E-state index in [-0.39, 0.29) is 0 Å². The molecule has 0 aliphatic carbocycles. The molecule has 0 unspecified atom stereocenters. The minimum Gasteiger partial charge on any atom is -0.444 e. The number of hydrogen-bond donors (Lipinski definition) is 1. The summed E-state index contributed by atoms with van der Waals surface area (Å²) < 4.78 is 5.04. The second-order valence-electron chi connectivity index (χ2n) is 3.78. The molecule has 4 heteroatoms. The van der Waals surface area contributed by atoms with Crippen LogP contribution in [0, 0.1) is 6.07 Å². The minimum absolute atomic E-state index is 0.494. The average Bonchev–Trinajstić information content (AvgIpc) is 2.02. The van der Waals surface area contributed by atoms with Crippen LogP contribution < -0.4 is 5.32 Å². The molecule has 0 aliphatic heterocycles. The molecule has 1 rings (SSSR count). The van der Waals surface area contributed by atoms with E-state index >= 15 is 0 Å². The molecule has 1 N–H and O–H groups in total. The highest BCUT2D eigenvalue weighted by atomic mass is 16.6. The number of carbonyl (C=O) groups excluding carboxylic acids is 1. The van der Waals surface area contributed by atoms with E-state index in [9.17, 15) is 4.79 Å². The molecule has 0 fully saturated rings. The van der Waals surface area contributed by atoms with E-state index < -0.39 is 11.7 Å². The van der Waals surface area contributed by atoms with E-state index in [2.05, 4.69) is 16.4 Å². The quantitative estimate of drug-likeness (QED) is 0.744. The van der Waals surface area contributed by atoms with Crippen LogP contribution in [0.15, 0.2) is 18.5 Å². The smallest absolute Gasteiger partial charge is 0.412 e. The number of pyridine rings is 1. The van der Waals surface area contributed by atoms with Crippen molar-refractivity contribution in [2.24, 2.45) is 0 Å². The van der Waals surface area contributed by atoms with Gasteiger partial charge in [0.25, 0.3) is 0 Å². The van der Waals surface area contributed by atoms with Crippen molar-refractivity contribution in [3.8, 4) is 0 Å². The highest BCUT2D eigenvalue weighted by Gasteiger charge is 2.15. The van der Waals surface area contributed by atoms with Crippen molar-refractivity contribution in [1.29, 1.82) is 0 Å². The van der Waals surface area contributed by atoms with Gasteiger partial charge in [0.15, 0.2) is 0 Å². The van der Waals surface area contributed by atoms with Gasteiger partial charge in [0.1, 0.15) is 5.60 Å². The Labute approximate surface area is 83.3 Å². The van der Waals surface area contributed by atoms with Gasteiger partial charge in [-0.3, -0.25) is 10.3 Å². The van der Waals surface area contributed by atoms with Crippen LogP contribution in [0.1, 0.15) is 20.8 Å². The maximum absolute atomic E-state index is 11.2. The van der Waals surface area contributed by atoms with Crippen LogP contribution in [0.3, 0.4) is 0 Å².